The molecule has 0 spiro atoms. The molecule has 2 heterocycles. The lowest BCUT2D eigenvalue weighted by Gasteiger charge is -2.08. The van der Waals surface area contributed by atoms with Gasteiger partial charge in [0.05, 0.1) is 0 Å². The van der Waals surface area contributed by atoms with Gasteiger partial charge in [0, 0.05) is 16.6 Å². The number of benzene rings is 1. The smallest absolute Gasteiger partial charge is 0.277 e. The number of nitrogens with one attached hydrogen (secondary N) is 2. The minimum atomic E-state index is -0.185. The molecule has 0 bridgehead atoms. The minimum absolute atomic E-state index is 0.185. The van der Waals surface area contributed by atoms with Gasteiger partial charge >= 0.3 is 0 Å². The lowest BCUT2D eigenvalue weighted by atomic mass is 10.2. The van der Waals surface area contributed by atoms with Crippen molar-refractivity contribution in [2.75, 3.05) is 0 Å². The monoisotopic (exact) mass is 376 g/mol. The summed E-state index contributed by atoms with van der Waals surface area (Å²) in [6.45, 7) is 0.815. The SMILES string of the molecule is O=c1[nH]c(=S)[nH]c2nc(-c3ccc(Br)cc3)n(CC3CC3)c12. The molecule has 0 amide bonds. The van der Waals surface area contributed by atoms with Crippen molar-refractivity contribution in [3.05, 3.63) is 43.9 Å². The Morgan fingerprint density at radius 1 is 1.27 bits per heavy atom. The molecule has 0 atom stereocenters. The van der Waals surface area contributed by atoms with Crippen LogP contribution in [-0.4, -0.2) is 19.5 Å². The molecule has 4 rings (SSSR count). The molecule has 3 aromatic rings. The third-order valence-electron chi connectivity index (χ3n) is 3.88. The molecular weight excluding hydrogens is 364 g/mol. The predicted octanol–water partition coefficient (Wildman–Crippen LogP) is 3.62. The van der Waals surface area contributed by atoms with E-state index in [9.17, 15) is 4.79 Å². The molecule has 1 saturated carbocycles. The fourth-order valence-electron chi connectivity index (χ4n) is 2.63. The van der Waals surface area contributed by atoms with Gasteiger partial charge in [0.2, 0.25) is 0 Å². The molecule has 1 aliphatic rings. The number of aromatic amines is 2. The van der Waals surface area contributed by atoms with Gasteiger partial charge in [0.15, 0.2) is 15.9 Å². The average Bonchev–Trinajstić information content (AvgIpc) is 3.21. The number of halogens is 1. The first-order valence-corrected chi connectivity index (χ1v) is 8.31. The molecule has 0 unspecified atom stereocenters. The Hall–Kier alpha value is -1.73. The maximum absolute atomic E-state index is 12.3. The van der Waals surface area contributed by atoms with E-state index in [0.29, 0.717) is 21.9 Å². The van der Waals surface area contributed by atoms with Crippen LogP contribution in [0.1, 0.15) is 12.8 Å². The molecule has 2 aromatic heterocycles. The van der Waals surface area contributed by atoms with Crippen LogP contribution >= 0.6 is 28.1 Å². The van der Waals surface area contributed by atoms with Crippen molar-refractivity contribution in [1.29, 1.82) is 0 Å². The van der Waals surface area contributed by atoms with Gasteiger partial charge in [0.1, 0.15) is 5.82 Å². The number of aromatic nitrogens is 4. The van der Waals surface area contributed by atoms with Crippen LogP contribution < -0.4 is 5.56 Å². The van der Waals surface area contributed by atoms with E-state index in [4.69, 9.17) is 12.2 Å². The highest BCUT2D eigenvalue weighted by molar-refractivity contribution is 9.10. The van der Waals surface area contributed by atoms with E-state index in [1.165, 1.54) is 12.8 Å². The minimum Gasteiger partial charge on any atom is -0.318 e. The molecule has 0 radical (unpaired) electrons. The van der Waals surface area contributed by atoms with Crippen LogP contribution in [0.3, 0.4) is 0 Å². The predicted molar refractivity (Wildman–Crippen MR) is 91.4 cm³/mol. The van der Waals surface area contributed by atoms with Gasteiger partial charge in [0.25, 0.3) is 5.56 Å². The molecule has 2 N–H and O–H groups in total. The average molecular weight is 377 g/mol. The van der Waals surface area contributed by atoms with Crippen LogP contribution in [0.25, 0.3) is 22.6 Å². The van der Waals surface area contributed by atoms with Crippen molar-refractivity contribution in [3.63, 3.8) is 0 Å². The number of rotatable bonds is 3. The Kier molecular flexibility index (Phi) is 3.27. The first-order valence-electron chi connectivity index (χ1n) is 7.10. The number of hydrogen-bond donors (Lipinski definition) is 2. The zero-order chi connectivity index (χ0) is 15.3. The van der Waals surface area contributed by atoms with Crippen molar-refractivity contribution in [1.82, 2.24) is 19.5 Å². The van der Waals surface area contributed by atoms with Crippen LogP contribution in [0.4, 0.5) is 0 Å². The molecule has 1 aromatic carbocycles. The van der Waals surface area contributed by atoms with E-state index in [-0.39, 0.29) is 5.56 Å². The quantitative estimate of drug-likeness (QED) is 0.686. The van der Waals surface area contributed by atoms with Crippen molar-refractivity contribution in [3.8, 4) is 11.4 Å². The first-order chi connectivity index (χ1) is 10.6. The van der Waals surface area contributed by atoms with Crippen LogP contribution in [0, 0.1) is 10.7 Å². The Morgan fingerprint density at radius 2 is 2.00 bits per heavy atom. The van der Waals surface area contributed by atoms with Crippen molar-refractivity contribution < 1.29 is 0 Å². The van der Waals surface area contributed by atoms with E-state index in [0.717, 1.165) is 22.4 Å². The zero-order valence-corrected chi connectivity index (χ0v) is 14.0. The summed E-state index contributed by atoms with van der Waals surface area (Å²) in [5.74, 6) is 1.44. The molecule has 1 fully saturated rings. The van der Waals surface area contributed by atoms with Crippen molar-refractivity contribution >= 4 is 39.3 Å². The van der Waals surface area contributed by atoms with Crippen molar-refractivity contribution in [2.24, 2.45) is 5.92 Å². The molecule has 0 aliphatic heterocycles. The van der Waals surface area contributed by atoms with E-state index in [2.05, 4.69) is 30.9 Å². The van der Waals surface area contributed by atoms with E-state index in [1.807, 2.05) is 28.8 Å². The fourth-order valence-corrected chi connectivity index (χ4v) is 3.08. The molecule has 0 saturated heterocycles. The number of hydrogen-bond acceptors (Lipinski definition) is 3. The molecule has 5 nitrogen and oxygen atoms in total. The summed E-state index contributed by atoms with van der Waals surface area (Å²) in [5, 5.41) is 0. The molecular formula is C15H13BrN4OS. The van der Waals surface area contributed by atoms with Gasteiger partial charge in [-0.05, 0) is 43.1 Å². The lowest BCUT2D eigenvalue weighted by molar-refractivity contribution is 0.646. The summed E-state index contributed by atoms with van der Waals surface area (Å²) in [5.41, 5.74) is 1.92. The molecule has 112 valence electrons. The summed E-state index contributed by atoms with van der Waals surface area (Å²) >= 11 is 8.49. The Morgan fingerprint density at radius 3 is 2.68 bits per heavy atom. The third kappa shape index (κ3) is 2.44. The highest BCUT2D eigenvalue weighted by Gasteiger charge is 2.25. The van der Waals surface area contributed by atoms with Gasteiger partial charge in [-0.3, -0.25) is 9.78 Å². The lowest BCUT2D eigenvalue weighted by Crippen LogP contribution is -2.13. The molecule has 7 heteroatoms. The van der Waals surface area contributed by atoms with Crippen LogP contribution in [0.5, 0.6) is 0 Å². The number of fused-ring (bicyclic) bond motifs is 1. The number of nitrogens with zero attached hydrogens (tertiary/aromatic N) is 2. The molecule has 1 aliphatic carbocycles. The summed E-state index contributed by atoms with van der Waals surface area (Å²) in [4.78, 5) is 22.6. The Balaban J connectivity index is 1.99. The van der Waals surface area contributed by atoms with Gasteiger partial charge in [-0.2, -0.15) is 0 Å². The second-order valence-corrected chi connectivity index (χ2v) is 6.93. The number of imidazole rings is 1. The Labute approximate surface area is 139 Å². The maximum Gasteiger partial charge on any atom is 0.277 e. The van der Waals surface area contributed by atoms with E-state index in [1.54, 1.807) is 0 Å². The highest BCUT2D eigenvalue weighted by atomic mass is 79.9. The summed E-state index contributed by atoms with van der Waals surface area (Å²) in [6.07, 6.45) is 2.42. The summed E-state index contributed by atoms with van der Waals surface area (Å²) < 4.78 is 3.33. The molecule has 22 heavy (non-hydrogen) atoms. The largest absolute Gasteiger partial charge is 0.318 e. The zero-order valence-electron chi connectivity index (χ0n) is 11.6. The fraction of sp³-hybridized carbons (Fsp3) is 0.267. The third-order valence-corrected chi connectivity index (χ3v) is 4.61. The van der Waals surface area contributed by atoms with E-state index < -0.39 is 0 Å². The second-order valence-electron chi connectivity index (χ2n) is 5.60. The topological polar surface area (TPSA) is 66.5 Å². The van der Waals surface area contributed by atoms with Crippen LogP contribution in [0.2, 0.25) is 0 Å². The van der Waals surface area contributed by atoms with Gasteiger partial charge in [-0.25, -0.2) is 4.98 Å². The van der Waals surface area contributed by atoms with Gasteiger partial charge < -0.3 is 9.55 Å². The standard InChI is InChI=1S/C15H13BrN4OS/c16-10-5-3-9(4-6-10)13-17-12-11(14(21)19-15(22)18-12)20(13)7-8-1-2-8/h3-6,8H,1-2,7H2,(H2,18,19,21,22). The summed E-state index contributed by atoms with van der Waals surface area (Å²) in [7, 11) is 0. The second kappa shape index (κ2) is 5.17. The van der Waals surface area contributed by atoms with Crippen LogP contribution in [-0.2, 0) is 6.54 Å². The Bertz CT molecular complexity index is 966. The normalized spacial score (nSPS) is 14.6. The van der Waals surface area contributed by atoms with Gasteiger partial charge in [-0.15, -0.1) is 0 Å². The van der Waals surface area contributed by atoms with Gasteiger partial charge in [-0.1, -0.05) is 28.1 Å². The van der Waals surface area contributed by atoms with Crippen molar-refractivity contribution in [2.45, 2.75) is 19.4 Å². The highest BCUT2D eigenvalue weighted by Crippen LogP contribution is 2.33. The summed E-state index contributed by atoms with van der Waals surface area (Å²) in [6, 6.07) is 7.94. The van der Waals surface area contributed by atoms with E-state index >= 15 is 0 Å². The maximum atomic E-state index is 12.3. The first kappa shape index (κ1) is 13.9. The number of H-pyrrole nitrogens is 2. The van der Waals surface area contributed by atoms with Crippen LogP contribution in [0.15, 0.2) is 33.5 Å².